The van der Waals surface area contributed by atoms with E-state index < -0.39 is 0 Å². The Hall–Kier alpha value is -3.19. The summed E-state index contributed by atoms with van der Waals surface area (Å²) in [6.07, 6.45) is 3.50. The minimum Gasteiger partial charge on any atom is -0.352 e. The Bertz CT molecular complexity index is 1150. The van der Waals surface area contributed by atoms with Gasteiger partial charge >= 0.3 is 0 Å². The molecule has 5 rings (SSSR count). The molecule has 0 spiro atoms. The Kier molecular flexibility index (Phi) is 6.13. The van der Waals surface area contributed by atoms with Crippen LogP contribution in [0.25, 0.3) is 11.4 Å². The average molecular weight is 465 g/mol. The number of benzene rings is 2. The van der Waals surface area contributed by atoms with E-state index in [1.165, 1.54) is 0 Å². The predicted octanol–water partition coefficient (Wildman–Crippen LogP) is 4.44. The van der Waals surface area contributed by atoms with Gasteiger partial charge in [0.1, 0.15) is 0 Å². The zero-order chi connectivity index (χ0) is 22.8. The summed E-state index contributed by atoms with van der Waals surface area (Å²) in [5.74, 6) is 1.55. The fourth-order valence-electron chi connectivity index (χ4n) is 4.11. The van der Waals surface area contributed by atoms with Crippen molar-refractivity contribution < 1.29 is 14.1 Å². The molecule has 33 heavy (non-hydrogen) atoms. The smallest absolute Gasteiger partial charge is 0.253 e. The molecular weight excluding hydrogens is 440 g/mol. The van der Waals surface area contributed by atoms with Crippen molar-refractivity contribution in [1.82, 2.24) is 20.4 Å². The minimum atomic E-state index is -0.0992. The number of hydrogen-bond acceptors (Lipinski definition) is 5. The lowest BCUT2D eigenvalue weighted by molar-refractivity contribution is -0.126. The summed E-state index contributed by atoms with van der Waals surface area (Å²) >= 11 is 6.16. The van der Waals surface area contributed by atoms with Gasteiger partial charge in [0.05, 0.1) is 0 Å². The summed E-state index contributed by atoms with van der Waals surface area (Å²) in [6.45, 7) is 1.52. The summed E-state index contributed by atoms with van der Waals surface area (Å²) < 4.78 is 5.32. The third-order valence-electron chi connectivity index (χ3n) is 6.32. The predicted molar refractivity (Wildman–Crippen MR) is 124 cm³/mol. The molecule has 2 amide bonds. The number of nitrogens with zero attached hydrogens (tertiary/aromatic N) is 3. The summed E-state index contributed by atoms with van der Waals surface area (Å²) in [4.78, 5) is 31.8. The second kappa shape index (κ2) is 9.35. The monoisotopic (exact) mass is 464 g/mol. The quantitative estimate of drug-likeness (QED) is 0.582. The van der Waals surface area contributed by atoms with Crippen LogP contribution in [0.5, 0.6) is 0 Å². The van der Waals surface area contributed by atoms with Gasteiger partial charge in [-0.3, -0.25) is 9.59 Å². The highest BCUT2D eigenvalue weighted by Gasteiger charge is 2.30. The first-order valence-electron chi connectivity index (χ1n) is 11.3. The van der Waals surface area contributed by atoms with Gasteiger partial charge in [-0.2, -0.15) is 4.98 Å². The maximum absolute atomic E-state index is 12.9. The molecule has 1 aliphatic heterocycles. The van der Waals surface area contributed by atoms with Crippen LogP contribution in [0.3, 0.4) is 0 Å². The number of nitrogens with one attached hydrogen (secondary N) is 1. The zero-order valence-corrected chi connectivity index (χ0v) is 18.9. The molecule has 2 fully saturated rings. The maximum atomic E-state index is 12.9. The van der Waals surface area contributed by atoms with E-state index in [-0.39, 0.29) is 17.7 Å². The van der Waals surface area contributed by atoms with Crippen molar-refractivity contribution in [2.45, 2.75) is 38.1 Å². The second-order valence-corrected chi connectivity index (χ2v) is 9.09. The van der Waals surface area contributed by atoms with Gasteiger partial charge in [-0.25, -0.2) is 0 Å². The standard InChI is InChI=1S/C25H25ClN4O3/c26-21-4-2-1-3-20(21)15-27-23(31)17-11-13-30(14-12-17)25(32)19-9-5-16(6-10-19)22-28-24(33-29-22)18-7-8-18/h1-6,9-10,17-18H,7-8,11-15H2,(H,27,31). The molecule has 1 aliphatic carbocycles. The van der Waals surface area contributed by atoms with E-state index >= 15 is 0 Å². The normalized spacial score (nSPS) is 16.6. The lowest BCUT2D eigenvalue weighted by atomic mass is 9.95. The molecule has 2 heterocycles. The van der Waals surface area contributed by atoms with Crippen LogP contribution < -0.4 is 5.32 Å². The van der Waals surface area contributed by atoms with Crippen molar-refractivity contribution in [2.24, 2.45) is 5.92 Å². The van der Waals surface area contributed by atoms with Gasteiger partial charge in [-0.05, 0) is 49.4 Å². The number of carbonyl (C=O) groups is 2. The average Bonchev–Trinajstić information content (AvgIpc) is 3.59. The molecule has 0 radical (unpaired) electrons. The molecule has 2 aromatic carbocycles. The summed E-state index contributed by atoms with van der Waals surface area (Å²) in [5.41, 5.74) is 2.34. The molecule has 170 valence electrons. The Morgan fingerprint density at radius 3 is 2.45 bits per heavy atom. The first-order chi connectivity index (χ1) is 16.1. The topological polar surface area (TPSA) is 88.3 Å². The fraction of sp³-hybridized carbons (Fsp3) is 0.360. The highest BCUT2D eigenvalue weighted by molar-refractivity contribution is 6.31. The Balaban J connectivity index is 1.13. The third-order valence-corrected chi connectivity index (χ3v) is 6.69. The van der Waals surface area contributed by atoms with Gasteiger partial charge in [-0.1, -0.05) is 47.1 Å². The Morgan fingerprint density at radius 1 is 1.03 bits per heavy atom. The summed E-state index contributed by atoms with van der Waals surface area (Å²) in [6, 6.07) is 14.8. The summed E-state index contributed by atoms with van der Waals surface area (Å²) in [5, 5.41) is 7.67. The molecule has 7 nitrogen and oxygen atoms in total. The molecule has 2 aliphatic rings. The summed E-state index contributed by atoms with van der Waals surface area (Å²) in [7, 11) is 0. The van der Waals surface area contributed by atoms with Crippen molar-refractivity contribution in [3.63, 3.8) is 0 Å². The molecule has 3 aromatic rings. The van der Waals surface area contributed by atoms with Gasteiger partial charge in [0.2, 0.25) is 17.6 Å². The highest BCUT2D eigenvalue weighted by Crippen LogP contribution is 2.39. The van der Waals surface area contributed by atoms with Gasteiger partial charge in [0.25, 0.3) is 5.91 Å². The van der Waals surface area contributed by atoms with Gasteiger partial charge in [0, 0.05) is 47.6 Å². The third kappa shape index (κ3) is 4.93. The van der Waals surface area contributed by atoms with Crippen molar-refractivity contribution in [3.8, 4) is 11.4 Å². The van der Waals surface area contributed by atoms with Crippen LogP contribution in [-0.2, 0) is 11.3 Å². The van der Waals surface area contributed by atoms with E-state index in [2.05, 4.69) is 15.5 Å². The van der Waals surface area contributed by atoms with Crippen LogP contribution in [0.2, 0.25) is 5.02 Å². The van der Waals surface area contributed by atoms with E-state index in [1.807, 2.05) is 41.3 Å². The number of piperidine rings is 1. The fourth-order valence-corrected chi connectivity index (χ4v) is 4.31. The molecule has 8 heteroatoms. The molecule has 1 N–H and O–H groups in total. The maximum Gasteiger partial charge on any atom is 0.253 e. The largest absolute Gasteiger partial charge is 0.352 e. The van der Waals surface area contributed by atoms with Gasteiger partial charge < -0.3 is 14.7 Å². The molecular formula is C25H25ClN4O3. The Morgan fingerprint density at radius 2 is 1.76 bits per heavy atom. The van der Waals surface area contributed by atoms with Gasteiger partial charge in [0.15, 0.2) is 0 Å². The van der Waals surface area contributed by atoms with E-state index in [9.17, 15) is 9.59 Å². The first-order valence-corrected chi connectivity index (χ1v) is 11.7. The van der Waals surface area contributed by atoms with E-state index in [0.29, 0.717) is 60.7 Å². The van der Waals surface area contributed by atoms with Crippen molar-refractivity contribution in [1.29, 1.82) is 0 Å². The van der Waals surface area contributed by atoms with Crippen LogP contribution in [0, 0.1) is 5.92 Å². The lowest BCUT2D eigenvalue weighted by Gasteiger charge is -2.31. The van der Waals surface area contributed by atoms with E-state index in [0.717, 1.165) is 24.0 Å². The van der Waals surface area contributed by atoms with Crippen LogP contribution in [0.15, 0.2) is 53.1 Å². The molecule has 0 atom stereocenters. The van der Waals surface area contributed by atoms with Crippen molar-refractivity contribution in [2.75, 3.05) is 13.1 Å². The first kappa shape index (κ1) is 21.6. The van der Waals surface area contributed by atoms with Crippen molar-refractivity contribution >= 4 is 23.4 Å². The molecule has 0 unspecified atom stereocenters. The lowest BCUT2D eigenvalue weighted by Crippen LogP contribution is -2.42. The number of aromatic nitrogens is 2. The number of likely N-dealkylation sites (tertiary alicyclic amines) is 1. The Labute approximate surface area is 197 Å². The van der Waals surface area contributed by atoms with E-state index in [1.54, 1.807) is 12.1 Å². The SMILES string of the molecule is O=C(NCc1ccccc1Cl)C1CCN(C(=O)c2ccc(-c3noc(C4CC4)n3)cc2)CC1. The number of amides is 2. The molecule has 0 bridgehead atoms. The van der Waals surface area contributed by atoms with Crippen molar-refractivity contribution in [3.05, 3.63) is 70.6 Å². The molecule has 1 aromatic heterocycles. The number of halogens is 1. The van der Waals surface area contributed by atoms with E-state index in [4.69, 9.17) is 16.1 Å². The second-order valence-electron chi connectivity index (χ2n) is 8.68. The van der Waals surface area contributed by atoms with Crippen LogP contribution in [-0.4, -0.2) is 39.9 Å². The molecule has 1 saturated heterocycles. The van der Waals surface area contributed by atoms with Crippen LogP contribution in [0.1, 0.15) is 53.4 Å². The zero-order valence-electron chi connectivity index (χ0n) is 18.2. The van der Waals surface area contributed by atoms with Crippen LogP contribution in [0.4, 0.5) is 0 Å². The molecule has 1 saturated carbocycles. The highest BCUT2D eigenvalue weighted by atomic mass is 35.5. The number of carbonyl (C=O) groups excluding carboxylic acids is 2. The van der Waals surface area contributed by atoms with Gasteiger partial charge in [-0.15, -0.1) is 0 Å². The minimum absolute atomic E-state index is 0.0112. The van der Waals surface area contributed by atoms with Crippen LogP contribution >= 0.6 is 11.6 Å². The number of hydrogen-bond donors (Lipinski definition) is 1. The number of rotatable bonds is 6.